The van der Waals surface area contributed by atoms with Crippen molar-refractivity contribution in [3.8, 4) is 33.4 Å². The molecule has 0 atom stereocenters. The van der Waals surface area contributed by atoms with Gasteiger partial charge in [0.1, 0.15) is 0 Å². The highest BCUT2D eigenvalue weighted by Gasteiger charge is 2.14. The van der Waals surface area contributed by atoms with Crippen molar-refractivity contribution >= 4 is 49.4 Å². The average Bonchev–Trinajstić information content (AvgIpc) is 3.19. The maximum atomic E-state index is 2.35. The van der Waals surface area contributed by atoms with Crippen LogP contribution in [0.15, 0.2) is 200 Å². The first-order valence-electron chi connectivity index (χ1n) is 16.8. The third kappa shape index (κ3) is 5.42. The smallest absolute Gasteiger partial charge is 0.0462 e. The molecule has 49 heavy (non-hydrogen) atoms. The molecular weight excluding hydrogens is 591 g/mol. The zero-order chi connectivity index (χ0) is 32.6. The molecule has 0 saturated heterocycles. The number of hydrogen-bond acceptors (Lipinski definition) is 1. The molecule has 1 nitrogen and oxygen atoms in total. The van der Waals surface area contributed by atoms with Crippen LogP contribution in [0.25, 0.3) is 65.7 Å². The van der Waals surface area contributed by atoms with Crippen molar-refractivity contribution < 1.29 is 0 Å². The standard InChI is InChI=1S/C48H33N/c1-2-9-34(10-3-1)35-19-26-42(27-20-35)49(44-30-23-39(24-31-44)47-16-8-13-37-11-4-6-14-45(37)47)43-28-21-36(22-29-43)40-25-32-48-41(33-40)18-17-38-12-5-7-15-46(38)48/h1-33H. The lowest BCUT2D eigenvalue weighted by atomic mass is 9.97. The van der Waals surface area contributed by atoms with Gasteiger partial charge in [0.05, 0.1) is 0 Å². The summed E-state index contributed by atoms with van der Waals surface area (Å²) in [6, 6.07) is 72.4. The Balaban J connectivity index is 1.09. The van der Waals surface area contributed by atoms with Gasteiger partial charge in [0.25, 0.3) is 0 Å². The van der Waals surface area contributed by atoms with E-state index in [1.807, 2.05) is 0 Å². The van der Waals surface area contributed by atoms with Crippen LogP contribution in [0.5, 0.6) is 0 Å². The lowest BCUT2D eigenvalue weighted by Gasteiger charge is -2.26. The molecule has 0 radical (unpaired) electrons. The van der Waals surface area contributed by atoms with Gasteiger partial charge in [0.2, 0.25) is 0 Å². The number of anilines is 3. The molecule has 0 aliphatic carbocycles. The molecule has 0 fully saturated rings. The van der Waals surface area contributed by atoms with E-state index in [0.717, 1.165) is 17.1 Å². The number of fused-ring (bicyclic) bond motifs is 4. The molecule has 9 aromatic rings. The van der Waals surface area contributed by atoms with Crippen LogP contribution in [0, 0.1) is 0 Å². The van der Waals surface area contributed by atoms with E-state index < -0.39 is 0 Å². The molecule has 0 amide bonds. The molecule has 0 unspecified atom stereocenters. The monoisotopic (exact) mass is 623 g/mol. The van der Waals surface area contributed by atoms with Crippen molar-refractivity contribution in [2.45, 2.75) is 0 Å². The zero-order valence-corrected chi connectivity index (χ0v) is 27.0. The minimum Gasteiger partial charge on any atom is -0.311 e. The molecule has 0 N–H and O–H groups in total. The van der Waals surface area contributed by atoms with E-state index in [1.165, 1.54) is 65.7 Å². The third-order valence-corrected chi connectivity index (χ3v) is 9.66. The molecule has 9 aromatic carbocycles. The molecule has 0 spiro atoms. The Labute approximate surface area is 287 Å². The topological polar surface area (TPSA) is 3.24 Å². The Morgan fingerprint density at radius 1 is 0.245 bits per heavy atom. The van der Waals surface area contributed by atoms with E-state index in [9.17, 15) is 0 Å². The maximum Gasteiger partial charge on any atom is 0.0462 e. The van der Waals surface area contributed by atoms with Crippen molar-refractivity contribution in [3.05, 3.63) is 200 Å². The van der Waals surface area contributed by atoms with E-state index in [-0.39, 0.29) is 0 Å². The van der Waals surface area contributed by atoms with Crippen molar-refractivity contribution in [1.29, 1.82) is 0 Å². The summed E-state index contributed by atoms with van der Waals surface area (Å²) in [6.07, 6.45) is 0. The number of rotatable bonds is 6. The van der Waals surface area contributed by atoms with Gasteiger partial charge in [0, 0.05) is 17.1 Å². The Bertz CT molecular complexity index is 2560. The summed E-state index contributed by atoms with van der Waals surface area (Å²) in [7, 11) is 0. The normalized spacial score (nSPS) is 11.3. The highest BCUT2D eigenvalue weighted by Crippen LogP contribution is 2.39. The van der Waals surface area contributed by atoms with Crippen LogP contribution >= 0.6 is 0 Å². The lowest BCUT2D eigenvalue weighted by molar-refractivity contribution is 1.28. The van der Waals surface area contributed by atoms with Gasteiger partial charge in [0.15, 0.2) is 0 Å². The minimum absolute atomic E-state index is 1.11. The highest BCUT2D eigenvalue weighted by atomic mass is 15.1. The predicted molar refractivity (Wildman–Crippen MR) is 210 cm³/mol. The number of hydrogen-bond donors (Lipinski definition) is 0. The summed E-state index contributed by atoms with van der Waals surface area (Å²) < 4.78 is 0. The summed E-state index contributed by atoms with van der Waals surface area (Å²) in [5.41, 5.74) is 10.6. The largest absolute Gasteiger partial charge is 0.311 e. The van der Waals surface area contributed by atoms with Gasteiger partial charge in [-0.1, -0.05) is 158 Å². The molecule has 0 saturated carbocycles. The van der Waals surface area contributed by atoms with Crippen molar-refractivity contribution in [2.24, 2.45) is 0 Å². The minimum atomic E-state index is 1.11. The molecule has 0 aliphatic heterocycles. The number of nitrogens with zero attached hydrogens (tertiary/aromatic N) is 1. The Morgan fingerprint density at radius 3 is 1.37 bits per heavy atom. The summed E-state index contributed by atoms with van der Waals surface area (Å²) in [5, 5.41) is 7.63. The average molecular weight is 624 g/mol. The fourth-order valence-electron chi connectivity index (χ4n) is 7.14. The van der Waals surface area contributed by atoms with Crippen molar-refractivity contribution in [1.82, 2.24) is 0 Å². The molecule has 230 valence electrons. The first-order chi connectivity index (χ1) is 24.3. The summed E-state index contributed by atoms with van der Waals surface area (Å²) >= 11 is 0. The first-order valence-corrected chi connectivity index (χ1v) is 16.8. The van der Waals surface area contributed by atoms with Crippen LogP contribution in [-0.4, -0.2) is 0 Å². The van der Waals surface area contributed by atoms with Crippen LogP contribution < -0.4 is 4.90 Å². The Hall–Kier alpha value is -6.44. The van der Waals surface area contributed by atoms with Gasteiger partial charge in [-0.3, -0.25) is 0 Å². The zero-order valence-electron chi connectivity index (χ0n) is 27.0. The maximum absolute atomic E-state index is 2.35. The summed E-state index contributed by atoms with van der Waals surface area (Å²) in [5.74, 6) is 0. The molecule has 0 aromatic heterocycles. The van der Waals surface area contributed by atoms with Crippen LogP contribution in [0.4, 0.5) is 17.1 Å². The lowest BCUT2D eigenvalue weighted by Crippen LogP contribution is -2.09. The fourth-order valence-corrected chi connectivity index (χ4v) is 7.14. The van der Waals surface area contributed by atoms with Gasteiger partial charge in [-0.25, -0.2) is 0 Å². The van der Waals surface area contributed by atoms with Crippen LogP contribution in [-0.2, 0) is 0 Å². The van der Waals surface area contributed by atoms with Gasteiger partial charge < -0.3 is 4.90 Å². The SMILES string of the molecule is c1ccc(-c2ccc(N(c3ccc(-c4ccc5c(ccc6ccccc65)c4)cc3)c3ccc(-c4cccc5ccccc45)cc3)cc2)cc1. The molecular formula is C48H33N. The van der Waals surface area contributed by atoms with Gasteiger partial charge >= 0.3 is 0 Å². The molecule has 0 bridgehead atoms. The van der Waals surface area contributed by atoms with Gasteiger partial charge in [-0.2, -0.15) is 0 Å². The Kier molecular flexibility index (Phi) is 7.22. The molecule has 1 heteroatoms. The molecule has 9 rings (SSSR count). The van der Waals surface area contributed by atoms with E-state index in [2.05, 4.69) is 205 Å². The second-order valence-corrected chi connectivity index (χ2v) is 12.6. The van der Waals surface area contributed by atoms with E-state index >= 15 is 0 Å². The highest BCUT2D eigenvalue weighted by molar-refractivity contribution is 6.08. The van der Waals surface area contributed by atoms with Crippen LogP contribution in [0.2, 0.25) is 0 Å². The second kappa shape index (κ2) is 12.3. The van der Waals surface area contributed by atoms with Gasteiger partial charge in [-0.15, -0.1) is 0 Å². The fraction of sp³-hybridized carbons (Fsp3) is 0. The third-order valence-electron chi connectivity index (χ3n) is 9.66. The quantitative estimate of drug-likeness (QED) is 0.167. The second-order valence-electron chi connectivity index (χ2n) is 12.6. The Morgan fingerprint density at radius 2 is 0.694 bits per heavy atom. The van der Waals surface area contributed by atoms with E-state index in [0.29, 0.717) is 0 Å². The van der Waals surface area contributed by atoms with E-state index in [4.69, 9.17) is 0 Å². The molecule has 0 heterocycles. The summed E-state index contributed by atoms with van der Waals surface area (Å²) in [4.78, 5) is 2.35. The van der Waals surface area contributed by atoms with Crippen molar-refractivity contribution in [2.75, 3.05) is 4.90 Å². The van der Waals surface area contributed by atoms with E-state index in [1.54, 1.807) is 0 Å². The van der Waals surface area contributed by atoms with Crippen molar-refractivity contribution in [3.63, 3.8) is 0 Å². The first kappa shape index (κ1) is 28.8. The summed E-state index contributed by atoms with van der Waals surface area (Å²) in [6.45, 7) is 0. The van der Waals surface area contributed by atoms with Crippen LogP contribution in [0.1, 0.15) is 0 Å². The number of benzene rings is 9. The van der Waals surface area contributed by atoms with Gasteiger partial charge in [-0.05, 0) is 108 Å². The molecule has 0 aliphatic rings. The van der Waals surface area contributed by atoms with Crippen LogP contribution in [0.3, 0.4) is 0 Å². The predicted octanol–water partition coefficient (Wildman–Crippen LogP) is 13.6.